The monoisotopic (exact) mass is 550 g/mol. The number of anilines is 1. The van der Waals surface area contributed by atoms with E-state index >= 15 is 0 Å². The van der Waals surface area contributed by atoms with Crippen LogP contribution in [-0.4, -0.2) is 60.1 Å². The van der Waals surface area contributed by atoms with Gasteiger partial charge in [-0.1, -0.05) is 42.5 Å². The van der Waals surface area contributed by atoms with Gasteiger partial charge in [-0.3, -0.25) is 14.5 Å². The van der Waals surface area contributed by atoms with Crippen LogP contribution in [0.4, 0.5) is 10.5 Å². The number of nitrogens with one attached hydrogen (secondary N) is 2. The molecule has 2 saturated heterocycles. The van der Waals surface area contributed by atoms with Crippen molar-refractivity contribution < 1.29 is 23.9 Å². The van der Waals surface area contributed by atoms with Crippen molar-refractivity contribution in [1.29, 1.82) is 0 Å². The Morgan fingerprint density at radius 3 is 2.61 bits per heavy atom. The van der Waals surface area contributed by atoms with E-state index in [-0.39, 0.29) is 29.2 Å². The molecule has 7 rings (SSSR count). The zero-order chi connectivity index (χ0) is 28.1. The van der Waals surface area contributed by atoms with Crippen molar-refractivity contribution in [3.8, 4) is 5.75 Å². The number of nitrogens with zero attached hydrogens (tertiary/aromatic N) is 2. The smallest absolute Gasteiger partial charge is 0.332 e. The fourth-order valence-electron chi connectivity index (χ4n) is 6.40. The fraction of sp³-hybridized carbons (Fsp3) is 0.281. The summed E-state index contributed by atoms with van der Waals surface area (Å²) in [7, 11) is 1.61. The normalized spacial score (nSPS) is 21.7. The molecule has 1 aromatic heterocycles. The number of hydrogen-bond acceptors (Lipinski definition) is 5. The molecule has 4 heterocycles. The average molecular weight is 551 g/mol. The Morgan fingerprint density at radius 2 is 1.83 bits per heavy atom. The van der Waals surface area contributed by atoms with Gasteiger partial charge in [0.25, 0.3) is 11.8 Å². The number of urea groups is 1. The second kappa shape index (κ2) is 10.1. The predicted molar refractivity (Wildman–Crippen MR) is 153 cm³/mol. The number of amides is 4. The van der Waals surface area contributed by atoms with Gasteiger partial charge in [-0.05, 0) is 54.3 Å². The lowest BCUT2D eigenvalue weighted by Gasteiger charge is -2.36. The lowest BCUT2D eigenvalue weighted by atomic mass is 9.89. The molecule has 0 bridgehead atoms. The van der Waals surface area contributed by atoms with E-state index in [2.05, 4.69) is 10.3 Å². The summed E-state index contributed by atoms with van der Waals surface area (Å²) in [4.78, 5) is 48.0. The van der Waals surface area contributed by atoms with Crippen molar-refractivity contribution >= 4 is 34.4 Å². The molecule has 41 heavy (non-hydrogen) atoms. The van der Waals surface area contributed by atoms with Gasteiger partial charge in [-0.2, -0.15) is 0 Å². The molecule has 2 fully saturated rings. The number of aromatic amines is 1. The summed E-state index contributed by atoms with van der Waals surface area (Å²) in [5.41, 5.74) is 4.28. The van der Waals surface area contributed by atoms with Gasteiger partial charge in [-0.15, -0.1) is 0 Å². The molecule has 4 amide bonds. The molecule has 3 aliphatic heterocycles. The summed E-state index contributed by atoms with van der Waals surface area (Å²) >= 11 is 0. The number of carbonyl (C=O) groups is 3. The van der Waals surface area contributed by atoms with Gasteiger partial charge in [0.15, 0.2) is 0 Å². The van der Waals surface area contributed by atoms with Crippen molar-refractivity contribution in [1.82, 2.24) is 15.2 Å². The zero-order valence-corrected chi connectivity index (χ0v) is 22.6. The first-order valence-electron chi connectivity index (χ1n) is 13.9. The van der Waals surface area contributed by atoms with E-state index in [9.17, 15) is 14.4 Å². The molecular weight excluding hydrogens is 520 g/mol. The second-order valence-corrected chi connectivity index (χ2v) is 10.7. The van der Waals surface area contributed by atoms with Gasteiger partial charge in [0.2, 0.25) is 0 Å². The van der Waals surface area contributed by atoms with Crippen molar-refractivity contribution in [2.24, 2.45) is 0 Å². The third-order valence-electron chi connectivity index (χ3n) is 8.38. The number of fused-ring (bicyclic) bond motifs is 4. The lowest BCUT2D eigenvalue weighted by Crippen LogP contribution is -2.44. The highest BCUT2D eigenvalue weighted by Gasteiger charge is 2.53. The van der Waals surface area contributed by atoms with Crippen LogP contribution in [0.2, 0.25) is 0 Å². The van der Waals surface area contributed by atoms with Gasteiger partial charge in [0, 0.05) is 36.2 Å². The Morgan fingerprint density at radius 1 is 1.05 bits per heavy atom. The summed E-state index contributed by atoms with van der Waals surface area (Å²) in [5, 5.41) is 3.96. The highest BCUT2D eigenvalue weighted by Crippen LogP contribution is 2.45. The van der Waals surface area contributed by atoms with Crippen LogP contribution in [-0.2, 0) is 16.0 Å². The standard InChI is InChI=1S/C32H30N4O5/c1-40-20-14-12-19(13-15-20)29-28-24(22-8-2-4-10-25(22)34-28)17-27-31(38)36(32(39)35(27)29)26-11-5-3-9-23(26)30(37)33-18-21-7-6-16-41-21/h2-5,8-15,21,27,29,34H,6-7,16-18H2,1H3,(H,33,37)/t21?,27-,29?/m0/s1. The maximum atomic E-state index is 14.3. The second-order valence-electron chi connectivity index (χ2n) is 10.7. The number of methoxy groups -OCH3 is 1. The van der Waals surface area contributed by atoms with Crippen LogP contribution in [0.1, 0.15) is 46.1 Å². The summed E-state index contributed by atoms with van der Waals surface area (Å²) in [6.45, 7) is 1.07. The number of para-hydroxylation sites is 2. The molecule has 0 saturated carbocycles. The van der Waals surface area contributed by atoms with Crippen LogP contribution < -0.4 is 15.0 Å². The zero-order valence-electron chi connectivity index (χ0n) is 22.6. The number of rotatable bonds is 6. The average Bonchev–Trinajstić information content (AvgIpc) is 3.72. The first kappa shape index (κ1) is 25.3. The highest BCUT2D eigenvalue weighted by atomic mass is 16.5. The third kappa shape index (κ3) is 4.15. The van der Waals surface area contributed by atoms with Crippen LogP contribution >= 0.6 is 0 Å². The van der Waals surface area contributed by atoms with E-state index in [1.807, 2.05) is 48.5 Å². The lowest BCUT2D eigenvalue weighted by molar-refractivity contribution is -0.120. The first-order chi connectivity index (χ1) is 20.0. The van der Waals surface area contributed by atoms with E-state index in [0.717, 1.165) is 40.6 Å². The van der Waals surface area contributed by atoms with Crippen molar-refractivity contribution in [2.75, 3.05) is 25.2 Å². The van der Waals surface area contributed by atoms with Crippen LogP contribution in [0.5, 0.6) is 5.75 Å². The highest BCUT2D eigenvalue weighted by molar-refractivity contribution is 6.24. The first-order valence-corrected chi connectivity index (χ1v) is 13.9. The van der Waals surface area contributed by atoms with Crippen molar-refractivity contribution in [3.63, 3.8) is 0 Å². The van der Waals surface area contributed by atoms with E-state index in [1.165, 1.54) is 4.90 Å². The molecule has 208 valence electrons. The number of benzene rings is 3. The summed E-state index contributed by atoms with van der Waals surface area (Å²) in [5.74, 6) is 0.0136. The maximum Gasteiger partial charge on any atom is 0.332 e. The topological polar surface area (TPSA) is 104 Å². The van der Waals surface area contributed by atoms with Gasteiger partial charge >= 0.3 is 6.03 Å². The Kier molecular flexibility index (Phi) is 6.23. The Labute approximate surface area is 237 Å². The van der Waals surface area contributed by atoms with Gasteiger partial charge < -0.3 is 19.8 Å². The van der Waals surface area contributed by atoms with Gasteiger partial charge in [-0.25, -0.2) is 9.69 Å². The fourth-order valence-corrected chi connectivity index (χ4v) is 6.40. The molecule has 0 aliphatic carbocycles. The Balaban J connectivity index is 1.28. The molecule has 9 nitrogen and oxygen atoms in total. The molecule has 3 atom stereocenters. The minimum atomic E-state index is -0.718. The minimum Gasteiger partial charge on any atom is -0.497 e. The number of imide groups is 1. The molecule has 4 aromatic rings. The Hall–Kier alpha value is -4.63. The summed E-state index contributed by atoms with van der Waals surface area (Å²) in [6.07, 6.45) is 2.21. The molecule has 3 aromatic carbocycles. The number of hydrogen-bond donors (Lipinski definition) is 2. The molecule has 2 unspecified atom stereocenters. The molecule has 0 radical (unpaired) electrons. The number of H-pyrrole nitrogens is 1. The SMILES string of the molecule is COc1ccc(C2c3[nH]c4ccccc4c3C[C@H]3C(=O)N(c4ccccc4C(=O)NCC4CCCO4)C(=O)N23)cc1. The van der Waals surface area contributed by atoms with Crippen molar-refractivity contribution in [2.45, 2.75) is 37.5 Å². The van der Waals surface area contributed by atoms with E-state index in [1.54, 1.807) is 36.3 Å². The van der Waals surface area contributed by atoms with Crippen LogP contribution in [0, 0.1) is 0 Å². The van der Waals surface area contributed by atoms with E-state index in [0.29, 0.717) is 25.3 Å². The summed E-state index contributed by atoms with van der Waals surface area (Å²) in [6, 6.07) is 20.6. The van der Waals surface area contributed by atoms with E-state index < -0.39 is 18.1 Å². The summed E-state index contributed by atoms with van der Waals surface area (Å²) < 4.78 is 11.0. The van der Waals surface area contributed by atoms with E-state index in [4.69, 9.17) is 9.47 Å². The third-order valence-corrected chi connectivity index (χ3v) is 8.38. The molecule has 9 heteroatoms. The largest absolute Gasteiger partial charge is 0.497 e. The Bertz CT molecular complexity index is 1660. The molecule has 3 aliphatic rings. The number of ether oxygens (including phenoxy) is 2. The maximum absolute atomic E-state index is 14.3. The number of carbonyl (C=O) groups excluding carboxylic acids is 3. The molecule has 0 spiro atoms. The molecular formula is C32H30N4O5. The van der Waals surface area contributed by atoms with Crippen molar-refractivity contribution in [3.05, 3.63) is 95.2 Å². The predicted octanol–water partition coefficient (Wildman–Crippen LogP) is 4.57. The number of aromatic nitrogens is 1. The van der Waals surface area contributed by atoms with Gasteiger partial charge in [0.1, 0.15) is 17.8 Å². The van der Waals surface area contributed by atoms with Crippen LogP contribution in [0.3, 0.4) is 0 Å². The minimum absolute atomic E-state index is 0.0239. The molecule has 2 N–H and O–H groups in total. The van der Waals surface area contributed by atoms with Gasteiger partial charge in [0.05, 0.1) is 24.5 Å². The van der Waals surface area contributed by atoms with Crippen LogP contribution in [0.25, 0.3) is 10.9 Å². The quantitative estimate of drug-likeness (QED) is 0.343. The van der Waals surface area contributed by atoms with Crippen LogP contribution in [0.15, 0.2) is 72.8 Å².